The molecular weight excluding hydrogens is 342 g/mol. The second kappa shape index (κ2) is 6.03. The number of β-amino-alcohol motifs (C(OH)–C–C–N with tert-alkyl or cyclic N) is 1. The maximum atomic E-state index is 12.0. The number of carbonyl (C=O) groups is 1. The third-order valence-electron chi connectivity index (χ3n) is 3.20. The normalized spacial score (nSPS) is 23.1. The molecule has 1 fully saturated rings. The van der Waals surface area contributed by atoms with Gasteiger partial charge in [0.2, 0.25) is 0 Å². The largest absolute Gasteiger partial charge is 0.444 e. The summed E-state index contributed by atoms with van der Waals surface area (Å²) in [5, 5.41) is 12.2. The lowest BCUT2D eigenvalue weighted by Gasteiger charge is -2.24. The molecule has 2 heterocycles. The summed E-state index contributed by atoms with van der Waals surface area (Å²) in [5.74, 6) is 0.0671. The zero-order valence-electron chi connectivity index (χ0n) is 11.9. The minimum absolute atomic E-state index is 0.0671. The number of hydrogen-bond donors (Lipinski definition) is 1. The van der Waals surface area contributed by atoms with Crippen LogP contribution in [0.25, 0.3) is 0 Å². The Morgan fingerprint density at radius 3 is 2.80 bits per heavy atom. The second-order valence-corrected chi connectivity index (χ2v) is 7.96. The van der Waals surface area contributed by atoms with Crippen LogP contribution in [0, 0.1) is 5.92 Å². The van der Waals surface area contributed by atoms with Crippen LogP contribution in [0.3, 0.4) is 0 Å². The number of thiophene rings is 1. The number of aliphatic hydroxyl groups is 1. The number of carbonyl (C=O) groups excluding carboxylic acids is 1. The van der Waals surface area contributed by atoms with Crippen LogP contribution in [-0.2, 0) is 11.2 Å². The summed E-state index contributed by atoms with van der Waals surface area (Å²) >= 11 is 5.17. The molecule has 0 radical (unpaired) electrons. The van der Waals surface area contributed by atoms with Crippen molar-refractivity contribution in [3.8, 4) is 0 Å². The van der Waals surface area contributed by atoms with E-state index in [-0.39, 0.29) is 12.0 Å². The number of hydrogen-bond acceptors (Lipinski definition) is 4. The van der Waals surface area contributed by atoms with Crippen LogP contribution in [0.1, 0.15) is 25.6 Å². The van der Waals surface area contributed by atoms with Crippen molar-refractivity contribution >= 4 is 33.4 Å². The topological polar surface area (TPSA) is 49.8 Å². The first-order valence-corrected chi connectivity index (χ1v) is 8.31. The van der Waals surface area contributed by atoms with E-state index in [1.54, 1.807) is 16.2 Å². The smallest absolute Gasteiger partial charge is 0.410 e. The highest BCUT2D eigenvalue weighted by atomic mass is 79.9. The standard InChI is InChI=1S/C14H20BrNO3S/c1-14(2,3)19-13(18)16-7-9(11(17)8-16)6-12-10(15)4-5-20-12/h4-5,9,11,17H,6-8H2,1-3H3/t9-,11-/m1/s1. The van der Waals surface area contributed by atoms with Crippen LogP contribution in [0.2, 0.25) is 0 Å². The van der Waals surface area contributed by atoms with Crippen LogP contribution in [0.5, 0.6) is 0 Å². The predicted molar refractivity (Wildman–Crippen MR) is 83.0 cm³/mol. The van der Waals surface area contributed by atoms with Crippen molar-refractivity contribution in [1.82, 2.24) is 4.90 Å². The maximum Gasteiger partial charge on any atom is 0.410 e. The van der Waals surface area contributed by atoms with Crippen LogP contribution >= 0.6 is 27.3 Å². The Labute approximate surface area is 131 Å². The van der Waals surface area contributed by atoms with Gasteiger partial charge < -0.3 is 14.7 Å². The molecule has 1 saturated heterocycles. The molecule has 1 aromatic heterocycles. The van der Waals surface area contributed by atoms with E-state index in [1.807, 2.05) is 32.2 Å². The van der Waals surface area contributed by atoms with Gasteiger partial charge >= 0.3 is 6.09 Å². The highest BCUT2D eigenvalue weighted by Crippen LogP contribution is 2.29. The van der Waals surface area contributed by atoms with E-state index in [0.717, 1.165) is 10.9 Å². The van der Waals surface area contributed by atoms with Gasteiger partial charge in [-0.15, -0.1) is 11.3 Å². The van der Waals surface area contributed by atoms with Crippen molar-refractivity contribution < 1.29 is 14.6 Å². The Morgan fingerprint density at radius 2 is 2.25 bits per heavy atom. The summed E-state index contributed by atoms with van der Waals surface area (Å²) in [5.41, 5.74) is -0.503. The van der Waals surface area contributed by atoms with Gasteiger partial charge in [-0.1, -0.05) is 0 Å². The van der Waals surface area contributed by atoms with Gasteiger partial charge in [-0.25, -0.2) is 4.79 Å². The fourth-order valence-electron chi connectivity index (χ4n) is 2.24. The van der Waals surface area contributed by atoms with Crippen LogP contribution < -0.4 is 0 Å². The van der Waals surface area contributed by atoms with E-state index in [9.17, 15) is 9.90 Å². The molecule has 0 aliphatic carbocycles. The molecule has 1 aromatic rings. The van der Waals surface area contributed by atoms with Crippen LogP contribution in [0.4, 0.5) is 4.79 Å². The van der Waals surface area contributed by atoms with E-state index < -0.39 is 11.7 Å². The Hall–Kier alpha value is -0.590. The summed E-state index contributed by atoms with van der Waals surface area (Å²) in [6, 6.07) is 2.01. The lowest BCUT2D eigenvalue weighted by Crippen LogP contribution is -2.35. The Bertz CT molecular complexity index is 483. The molecule has 0 unspecified atom stereocenters. The van der Waals surface area contributed by atoms with Crippen molar-refractivity contribution in [3.05, 3.63) is 20.8 Å². The number of ether oxygens (including phenoxy) is 1. The van der Waals surface area contributed by atoms with E-state index in [0.29, 0.717) is 13.1 Å². The SMILES string of the molecule is CC(C)(C)OC(=O)N1C[C@@H](Cc2sccc2Br)[C@H](O)C1. The molecule has 4 nitrogen and oxygen atoms in total. The summed E-state index contributed by atoms with van der Waals surface area (Å²) in [6.45, 7) is 6.43. The Morgan fingerprint density at radius 1 is 1.55 bits per heavy atom. The van der Waals surface area contributed by atoms with Crippen molar-refractivity contribution in [2.24, 2.45) is 5.92 Å². The highest BCUT2D eigenvalue weighted by molar-refractivity contribution is 9.10. The molecule has 0 spiro atoms. The number of nitrogens with zero attached hydrogens (tertiary/aromatic N) is 1. The van der Waals surface area contributed by atoms with Crippen molar-refractivity contribution in [1.29, 1.82) is 0 Å². The highest BCUT2D eigenvalue weighted by Gasteiger charge is 2.36. The zero-order valence-corrected chi connectivity index (χ0v) is 14.3. The van der Waals surface area contributed by atoms with E-state index in [1.165, 1.54) is 4.88 Å². The first-order chi connectivity index (χ1) is 9.26. The first kappa shape index (κ1) is 15.8. The fraction of sp³-hybridized carbons (Fsp3) is 0.643. The van der Waals surface area contributed by atoms with Gasteiger partial charge in [0.25, 0.3) is 0 Å². The summed E-state index contributed by atoms with van der Waals surface area (Å²) in [4.78, 5) is 14.8. The summed E-state index contributed by atoms with van der Waals surface area (Å²) in [7, 11) is 0. The molecule has 1 amide bonds. The molecule has 2 atom stereocenters. The fourth-order valence-corrected chi connectivity index (χ4v) is 3.85. The van der Waals surface area contributed by atoms with Gasteiger partial charge in [-0.2, -0.15) is 0 Å². The third-order valence-corrected chi connectivity index (χ3v) is 5.15. The molecule has 20 heavy (non-hydrogen) atoms. The first-order valence-electron chi connectivity index (χ1n) is 6.64. The number of amides is 1. The van der Waals surface area contributed by atoms with E-state index in [4.69, 9.17) is 4.74 Å². The average molecular weight is 362 g/mol. The molecule has 0 saturated carbocycles. The molecule has 112 valence electrons. The third kappa shape index (κ3) is 3.96. The Kier molecular flexibility index (Phi) is 4.76. The lowest BCUT2D eigenvalue weighted by atomic mass is 10.0. The number of likely N-dealkylation sites (tertiary alicyclic amines) is 1. The predicted octanol–water partition coefficient (Wildman–Crippen LogP) is 3.28. The van der Waals surface area contributed by atoms with Gasteiger partial charge in [-0.05, 0) is 54.6 Å². The van der Waals surface area contributed by atoms with Crippen molar-refractivity contribution in [2.45, 2.75) is 38.9 Å². The molecule has 1 N–H and O–H groups in total. The van der Waals surface area contributed by atoms with Gasteiger partial charge in [0.1, 0.15) is 5.60 Å². The number of rotatable bonds is 2. The van der Waals surface area contributed by atoms with Gasteiger partial charge in [0, 0.05) is 21.8 Å². The quantitative estimate of drug-likeness (QED) is 0.879. The summed E-state index contributed by atoms with van der Waals surface area (Å²) in [6.07, 6.45) is -0.0561. The Balaban J connectivity index is 1.95. The number of halogens is 1. The second-order valence-electron chi connectivity index (χ2n) is 6.11. The molecule has 1 aliphatic heterocycles. The monoisotopic (exact) mass is 361 g/mol. The summed E-state index contributed by atoms with van der Waals surface area (Å²) < 4.78 is 6.42. The van der Waals surface area contributed by atoms with Gasteiger partial charge in [0.15, 0.2) is 0 Å². The minimum Gasteiger partial charge on any atom is -0.444 e. The maximum absolute atomic E-state index is 12.0. The zero-order chi connectivity index (χ0) is 14.9. The lowest BCUT2D eigenvalue weighted by molar-refractivity contribution is 0.0270. The molecular formula is C14H20BrNO3S. The number of aliphatic hydroxyl groups excluding tert-OH is 1. The molecule has 2 rings (SSSR count). The van der Waals surface area contributed by atoms with Crippen LogP contribution in [-0.4, -0.2) is 40.9 Å². The van der Waals surface area contributed by atoms with Crippen LogP contribution in [0.15, 0.2) is 15.9 Å². The van der Waals surface area contributed by atoms with Gasteiger partial charge in [-0.3, -0.25) is 0 Å². The van der Waals surface area contributed by atoms with E-state index >= 15 is 0 Å². The molecule has 0 aromatic carbocycles. The van der Waals surface area contributed by atoms with E-state index in [2.05, 4.69) is 15.9 Å². The minimum atomic E-state index is -0.503. The molecule has 0 bridgehead atoms. The van der Waals surface area contributed by atoms with Gasteiger partial charge in [0.05, 0.1) is 12.6 Å². The molecule has 1 aliphatic rings. The van der Waals surface area contributed by atoms with Crippen molar-refractivity contribution in [2.75, 3.05) is 13.1 Å². The van der Waals surface area contributed by atoms with Crippen molar-refractivity contribution in [3.63, 3.8) is 0 Å². The average Bonchev–Trinajstić information content (AvgIpc) is 2.86. The molecule has 6 heteroatoms.